The van der Waals surface area contributed by atoms with Gasteiger partial charge in [0.15, 0.2) is 0 Å². The van der Waals surface area contributed by atoms with Crippen LogP contribution in [-0.4, -0.2) is 59.6 Å². The molecular weight excluding hydrogens is 272 g/mol. The Labute approximate surface area is 127 Å². The predicted molar refractivity (Wildman–Crippen MR) is 81.1 cm³/mol. The van der Waals surface area contributed by atoms with Crippen molar-refractivity contribution in [1.82, 2.24) is 0 Å². The molecule has 5 nitrogen and oxygen atoms in total. The molecule has 1 aliphatic heterocycles. The molecule has 0 amide bonds. The van der Waals surface area contributed by atoms with E-state index in [1.807, 2.05) is 0 Å². The van der Waals surface area contributed by atoms with Gasteiger partial charge in [-0.3, -0.25) is 0 Å². The van der Waals surface area contributed by atoms with Crippen LogP contribution in [0.2, 0.25) is 0 Å². The van der Waals surface area contributed by atoms with Gasteiger partial charge in [-0.05, 0) is 25.7 Å². The van der Waals surface area contributed by atoms with E-state index in [0.717, 1.165) is 25.7 Å². The molecule has 4 atom stereocenters. The van der Waals surface area contributed by atoms with Crippen LogP contribution in [0.3, 0.4) is 0 Å². The summed E-state index contributed by atoms with van der Waals surface area (Å²) in [5.41, 5.74) is 0. The molecule has 3 N–H and O–H groups in total. The molecule has 0 aromatic rings. The van der Waals surface area contributed by atoms with Gasteiger partial charge in [-0.25, -0.2) is 0 Å². The second-order valence-corrected chi connectivity index (χ2v) is 5.56. The van der Waals surface area contributed by atoms with E-state index < -0.39 is 24.4 Å². The zero-order chi connectivity index (χ0) is 15.5. The molecular formula is C16H30O5. The van der Waals surface area contributed by atoms with E-state index in [1.54, 1.807) is 0 Å². The Morgan fingerprint density at radius 3 is 2.52 bits per heavy atom. The average Bonchev–Trinajstić information content (AvgIpc) is 2.48. The minimum Gasteiger partial charge on any atom is -0.394 e. The maximum absolute atomic E-state index is 9.94. The normalized spacial score (nSPS) is 30.1. The zero-order valence-corrected chi connectivity index (χ0v) is 13.0. The number of aliphatic hydroxyl groups excluding tert-OH is 3. The minimum atomic E-state index is -0.979. The third-order valence-electron chi connectivity index (χ3n) is 3.72. The number of ether oxygens (including phenoxy) is 2. The fourth-order valence-corrected chi connectivity index (χ4v) is 2.37. The summed E-state index contributed by atoms with van der Waals surface area (Å²) in [6, 6.07) is 0. The fourth-order valence-electron chi connectivity index (χ4n) is 2.37. The lowest BCUT2D eigenvalue weighted by Crippen LogP contribution is -2.55. The first-order chi connectivity index (χ1) is 10.2. The number of rotatable bonds is 10. The third-order valence-corrected chi connectivity index (χ3v) is 3.72. The largest absolute Gasteiger partial charge is 0.394 e. The molecule has 21 heavy (non-hydrogen) atoms. The quantitative estimate of drug-likeness (QED) is 0.420. The van der Waals surface area contributed by atoms with Crippen LogP contribution in [0.1, 0.15) is 45.4 Å². The molecule has 0 aliphatic carbocycles. The first-order valence-electron chi connectivity index (χ1n) is 8.05. The molecule has 1 saturated heterocycles. The average molecular weight is 302 g/mol. The van der Waals surface area contributed by atoms with Crippen molar-refractivity contribution in [3.63, 3.8) is 0 Å². The zero-order valence-electron chi connectivity index (χ0n) is 13.0. The highest BCUT2D eigenvalue weighted by atomic mass is 16.6. The van der Waals surface area contributed by atoms with Crippen molar-refractivity contribution >= 4 is 0 Å². The summed E-state index contributed by atoms with van der Waals surface area (Å²) in [5.74, 6) is 0. The van der Waals surface area contributed by atoms with Crippen LogP contribution in [0.5, 0.6) is 0 Å². The van der Waals surface area contributed by atoms with E-state index in [0.29, 0.717) is 6.61 Å². The van der Waals surface area contributed by atoms with Crippen LogP contribution in [0.4, 0.5) is 0 Å². The van der Waals surface area contributed by atoms with Crippen molar-refractivity contribution in [3.05, 3.63) is 12.2 Å². The van der Waals surface area contributed by atoms with E-state index in [2.05, 4.69) is 19.1 Å². The molecule has 1 heterocycles. The molecule has 0 spiro atoms. The number of hydrogen-bond acceptors (Lipinski definition) is 5. The van der Waals surface area contributed by atoms with Gasteiger partial charge in [0.2, 0.25) is 0 Å². The summed E-state index contributed by atoms with van der Waals surface area (Å²) < 4.78 is 10.7. The van der Waals surface area contributed by atoms with Crippen molar-refractivity contribution in [1.29, 1.82) is 0 Å². The number of allylic oxidation sites excluding steroid dienone is 2. The van der Waals surface area contributed by atoms with Gasteiger partial charge in [-0.2, -0.15) is 0 Å². The molecule has 1 fully saturated rings. The van der Waals surface area contributed by atoms with Crippen LogP contribution in [0.25, 0.3) is 0 Å². The van der Waals surface area contributed by atoms with Gasteiger partial charge in [0, 0.05) is 6.61 Å². The van der Waals surface area contributed by atoms with Gasteiger partial charge in [0.25, 0.3) is 0 Å². The highest BCUT2D eigenvalue weighted by Gasteiger charge is 2.38. The van der Waals surface area contributed by atoms with Crippen LogP contribution < -0.4 is 0 Å². The summed E-state index contributed by atoms with van der Waals surface area (Å²) in [4.78, 5) is 0. The predicted octanol–water partition coefficient (Wildman–Crippen LogP) is 1.40. The molecule has 0 unspecified atom stereocenters. The van der Waals surface area contributed by atoms with Crippen LogP contribution in [0.15, 0.2) is 12.2 Å². The first kappa shape index (κ1) is 18.6. The van der Waals surface area contributed by atoms with Gasteiger partial charge in [0.1, 0.15) is 24.4 Å². The summed E-state index contributed by atoms with van der Waals surface area (Å²) in [6.07, 6.45) is 7.84. The maximum Gasteiger partial charge on any atom is 0.114 e. The SMILES string of the molecule is CCCC/C=C/CCCCO[C@H]1[C@H](O)[C@@H](CO)OC[C@@H]1O. The van der Waals surface area contributed by atoms with Crippen molar-refractivity contribution in [2.75, 3.05) is 19.8 Å². The van der Waals surface area contributed by atoms with Crippen LogP contribution >= 0.6 is 0 Å². The molecule has 0 bridgehead atoms. The van der Waals surface area contributed by atoms with Gasteiger partial charge in [0.05, 0.1) is 13.2 Å². The molecule has 5 heteroatoms. The van der Waals surface area contributed by atoms with Crippen molar-refractivity contribution < 1.29 is 24.8 Å². The van der Waals surface area contributed by atoms with Crippen molar-refractivity contribution in [2.24, 2.45) is 0 Å². The lowest BCUT2D eigenvalue weighted by Gasteiger charge is -2.37. The van der Waals surface area contributed by atoms with Crippen LogP contribution in [-0.2, 0) is 9.47 Å². The minimum absolute atomic E-state index is 0.0904. The highest BCUT2D eigenvalue weighted by Crippen LogP contribution is 2.18. The molecule has 0 saturated carbocycles. The summed E-state index contributed by atoms with van der Waals surface area (Å²) in [7, 11) is 0. The molecule has 1 aliphatic rings. The third kappa shape index (κ3) is 6.89. The first-order valence-corrected chi connectivity index (χ1v) is 8.05. The Bertz CT molecular complexity index is 282. The van der Waals surface area contributed by atoms with E-state index in [9.17, 15) is 10.2 Å². The summed E-state index contributed by atoms with van der Waals surface area (Å²) >= 11 is 0. The van der Waals surface area contributed by atoms with Gasteiger partial charge >= 0.3 is 0 Å². The van der Waals surface area contributed by atoms with Gasteiger partial charge < -0.3 is 24.8 Å². The van der Waals surface area contributed by atoms with E-state index in [1.165, 1.54) is 12.8 Å². The smallest absolute Gasteiger partial charge is 0.114 e. The Kier molecular flexibility index (Phi) is 9.87. The second kappa shape index (κ2) is 11.2. The summed E-state index contributed by atoms with van der Waals surface area (Å²) in [6.45, 7) is 2.51. The van der Waals surface area contributed by atoms with Crippen LogP contribution in [0, 0.1) is 0 Å². The van der Waals surface area contributed by atoms with Gasteiger partial charge in [-0.15, -0.1) is 0 Å². The van der Waals surface area contributed by atoms with Gasteiger partial charge in [-0.1, -0.05) is 31.9 Å². The van der Waals surface area contributed by atoms with E-state index in [-0.39, 0.29) is 13.2 Å². The lowest BCUT2D eigenvalue weighted by atomic mass is 10.0. The Morgan fingerprint density at radius 1 is 1.14 bits per heavy atom. The Hall–Kier alpha value is -0.460. The summed E-state index contributed by atoms with van der Waals surface area (Å²) in [5, 5.41) is 28.8. The monoisotopic (exact) mass is 302 g/mol. The standard InChI is InChI=1S/C16H30O5/c1-2-3-4-5-6-7-8-9-10-20-16-13(18)12-21-14(11-17)15(16)19/h5-6,13-19H,2-4,7-12H2,1H3/b6-5+/t13-,14+,15+,16+/m0/s1. The maximum atomic E-state index is 9.94. The van der Waals surface area contributed by atoms with Crippen molar-refractivity contribution in [3.8, 4) is 0 Å². The topological polar surface area (TPSA) is 79.2 Å². The molecule has 0 aromatic carbocycles. The number of unbranched alkanes of at least 4 members (excludes halogenated alkanes) is 4. The molecule has 0 aromatic heterocycles. The van der Waals surface area contributed by atoms with E-state index >= 15 is 0 Å². The number of aliphatic hydroxyl groups is 3. The molecule has 1 rings (SSSR count). The van der Waals surface area contributed by atoms with E-state index in [4.69, 9.17) is 14.6 Å². The Balaban J connectivity index is 2.12. The van der Waals surface area contributed by atoms with Crippen molar-refractivity contribution in [2.45, 2.75) is 69.9 Å². The molecule has 124 valence electrons. The second-order valence-electron chi connectivity index (χ2n) is 5.56. The Morgan fingerprint density at radius 2 is 1.86 bits per heavy atom. The highest BCUT2D eigenvalue weighted by molar-refractivity contribution is 4.87. The number of hydrogen-bond donors (Lipinski definition) is 3. The molecule has 0 radical (unpaired) electrons. The fraction of sp³-hybridized carbons (Fsp3) is 0.875. The lowest BCUT2D eigenvalue weighted by molar-refractivity contribution is -0.210.